The fourth-order valence-electron chi connectivity index (χ4n) is 1.66. The van der Waals surface area contributed by atoms with Gasteiger partial charge in [-0.05, 0) is 53.5 Å². The number of amides is 1. The first-order chi connectivity index (χ1) is 9.60. The second kappa shape index (κ2) is 6.47. The molecule has 2 rings (SSSR count). The maximum Gasteiger partial charge on any atom is 0.258 e. The van der Waals surface area contributed by atoms with E-state index in [1.165, 1.54) is 0 Å². The standard InChI is InChI=1S/C14H15BrN4O/c1-3-16-12-5-4-10(7-17-12)14(20)19-13-9(2)6-11(15)8-18-13/h4-8H,3H2,1-2H3,(H,16,17)(H,18,19,20). The number of nitrogens with one attached hydrogen (secondary N) is 2. The lowest BCUT2D eigenvalue weighted by Crippen LogP contribution is -2.14. The van der Waals surface area contributed by atoms with Crippen molar-refractivity contribution in [1.82, 2.24) is 9.97 Å². The van der Waals surface area contributed by atoms with Crippen molar-refractivity contribution < 1.29 is 4.79 Å². The SMILES string of the molecule is CCNc1ccc(C(=O)Nc2ncc(Br)cc2C)cn1. The summed E-state index contributed by atoms with van der Waals surface area (Å²) in [5.41, 5.74) is 1.39. The molecule has 6 heteroatoms. The molecule has 0 bridgehead atoms. The van der Waals surface area contributed by atoms with Gasteiger partial charge in [-0.15, -0.1) is 0 Å². The molecule has 104 valence electrons. The number of pyridine rings is 2. The van der Waals surface area contributed by atoms with Gasteiger partial charge in [-0.2, -0.15) is 0 Å². The van der Waals surface area contributed by atoms with E-state index in [-0.39, 0.29) is 5.91 Å². The van der Waals surface area contributed by atoms with Gasteiger partial charge in [0, 0.05) is 23.4 Å². The monoisotopic (exact) mass is 334 g/mol. The highest BCUT2D eigenvalue weighted by molar-refractivity contribution is 9.10. The van der Waals surface area contributed by atoms with Crippen molar-refractivity contribution in [2.75, 3.05) is 17.2 Å². The van der Waals surface area contributed by atoms with Crippen LogP contribution in [-0.4, -0.2) is 22.4 Å². The highest BCUT2D eigenvalue weighted by Gasteiger charge is 2.09. The lowest BCUT2D eigenvalue weighted by atomic mass is 10.2. The molecule has 1 amide bonds. The zero-order valence-corrected chi connectivity index (χ0v) is 12.9. The predicted octanol–water partition coefficient (Wildman–Crippen LogP) is 3.23. The van der Waals surface area contributed by atoms with Crippen molar-refractivity contribution in [2.24, 2.45) is 0 Å². The Morgan fingerprint density at radius 3 is 2.70 bits per heavy atom. The summed E-state index contributed by atoms with van der Waals surface area (Å²) in [7, 11) is 0. The van der Waals surface area contributed by atoms with Crippen LogP contribution in [0.3, 0.4) is 0 Å². The van der Waals surface area contributed by atoms with Crippen LogP contribution < -0.4 is 10.6 Å². The second-order valence-corrected chi connectivity index (χ2v) is 5.15. The molecular weight excluding hydrogens is 320 g/mol. The lowest BCUT2D eigenvalue weighted by molar-refractivity contribution is 0.102. The average molecular weight is 335 g/mol. The molecule has 0 aliphatic heterocycles. The van der Waals surface area contributed by atoms with Crippen molar-refractivity contribution in [1.29, 1.82) is 0 Å². The fraction of sp³-hybridized carbons (Fsp3) is 0.214. The molecule has 20 heavy (non-hydrogen) atoms. The van der Waals surface area contributed by atoms with Crippen molar-refractivity contribution in [3.8, 4) is 0 Å². The number of carbonyl (C=O) groups excluding carboxylic acids is 1. The van der Waals surface area contributed by atoms with Crippen LogP contribution in [-0.2, 0) is 0 Å². The minimum atomic E-state index is -0.224. The van der Waals surface area contributed by atoms with E-state index in [2.05, 4.69) is 36.5 Å². The van der Waals surface area contributed by atoms with E-state index >= 15 is 0 Å². The Hall–Kier alpha value is -1.95. The first kappa shape index (κ1) is 14.5. The first-order valence-electron chi connectivity index (χ1n) is 6.23. The van der Waals surface area contributed by atoms with Crippen LogP contribution >= 0.6 is 15.9 Å². The van der Waals surface area contributed by atoms with E-state index in [4.69, 9.17) is 0 Å². The number of aromatic nitrogens is 2. The average Bonchev–Trinajstić information content (AvgIpc) is 2.43. The molecule has 0 unspecified atom stereocenters. The first-order valence-corrected chi connectivity index (χ1v) is 7.03. The number of hydrogen-bond donors (Lipinski definition) is 2. The molecule has 2 heterocycles. The zero-order valence-electron chi connectivity index (χ0n) is 11.3. The number of carbonyl (C=O) groups is 1. The molecule has 2 aromatic heterocycles. The Labute approximate surface area is 126 Å². The van der Waals surface area contributed by atoms with Gasteiger partial charge in [0.25, 0.3) is 5.91 Å². The van der Waals surface area contributed by atoms with Crippen molar-refractivity contribution in [2.45, 2.75) is 13.8 Å². The molecule has 0 saturated heterocycles. The van der Waals surface area contributed by atoms with E-state index in [9.17, 15) is 4.79 Å². The molecule has 2 N–H and O–H groups in total. The fourth-order valence-corrected chi connectivity index (χ4v) is 2.11. The maximum absolute atomic E-state index is 12.1. The second-order valence-electron chi connectivity index (χ2n) is 4.24. The summed E-state index contributed by atoms with van der Waals surface area (Å²) in [4.78, 5) is 20.4. The van der Waals surface area contributed by atoms with Gasteiger partial charge in [0.1, 0.15) is 11.6 Å². The summed E-state index contributed by atoms with van der Waals surface area (Å²) in [5.74, 6) is 1.08. The molecule has 2 aromatic rings. The van der Waals surface area contributed by atoms with Crippen LogP contribution in [0.4, 0.5) is 11.6 Å². The summed E-state index contributed by atoms with van der Waals surface area (Å²) >= 11 is 3.34. The number of aryl methyl sites for hydroxylation is 1. The van der Waals surface area contributed by atoms with Crippen LogP contribution in [0, 0.1) is 6.92 Å². The van der Waals surface area contributed by atoms with Gasteiger partial charge in [-0.25, -0.2) is 9.97 Å². The Kier molecular flexibility index (Phi) is 4.68. The quantitative estimate of drug-likeness (QED) is 0.900. The number of hydrogen-bond acceptors (Lipinski definition) is 4. The highest BCUT2D eigenvalue weighted by Crippen LogP contribution is 2.17. The molecule has 0 fully saturated rings. The summed E-state index contributed by atoms with van der Waals surface area (Å²) in [6.45, 7) is 4.67. The van der Waals surface area contributed by atoms with E-state index < -0.39 is 0 Å². The maximum atomic E-state index is 12.1. The molecule has 0 saturated carbocycles. The Morgan fingerprint density at radius 2 is 2.10 bits per heavy atom. The molecule has 0 atom stereocenters. The summed E-state index contributed by atoms with van der Waals surface area (Å²) in [6, 6.07) is 5.41. The Balaban J connectivity index is 2.11. The Bertz CT molecular complexity index is 613. The van der Waals surface area contributed by atoms with E-state index in [1.54, 1.807) is 24.5 Å². The highest BCUT2D eigenvalue weighted by atomic mass is 79.9. The van der Waals surface area contributed by atoms with E-state index in [0.717, 1.165) is 22.4 Å². The largest absolute Gasteiger partial charge is 0.370 e. The Morgan fingerprint density at radius 1 is 1.30 bits per heavy atom. The molecule has 0 aliphatic carbocycles. The van der Waals surface area contributed by atoms with Crippen molar-refractivity contribution in [3.63, 3.8) is 0 Å². The zero-order chi connectivity index (χ0) is 14.5. The van der Waals surface area contributed by atoms with Gasteiger partial charge in [0.2, 0.25) is 0 Å². The molecule has 0 radical (unpaired) electrons. The van der Waals surface area contributed by atoms with Crippen LogP contribution in [0.1, 0.15) is 22.8 Å². The van der Waals surface area contributed by atoms with Crippen LogP contribution in [0.25, 0.3) is 0 Å². The molecule has 0 aromatic carbocycles. The minimum Gasteiger partial charge on any atom is -0.370 e. The number of nitrogens with zero attached hydrogens (tertiary/aromatic N) is 2. The lowest BCUT2D eigenvalue weighted by Gasteiger charge is -2.08. The van der Waals surface area contributed by atoms with Gasteiger partial charge in [-0.1, -0.05) is 0 Å². The smallest absolute Gasteiger partial charge is 0.258 e. The molecule has 0 spiro atoms. The van der Waals surface area contributed by atoms with Gasteiger partial charge < -0.3 is 10.6 Å². The third kappa shape index (κ3) is 3.54. The van der Waals surface area contributed by atoms with Gasteiger partial charge in [-0.3, -0.25) is 4.79 Å². The molecule has 5 nitrogen and oxygen atoms in total. The molecular formula is C14H15BrN4O. The number of halogens is 1. The predicted molar refractivity (Wildman–Crippen MR) is 83.0 cm³/mol. The summed E-state index contributed by atoms with van der Waals surface area (Å²) in [5, 5.41) is 5.85. The summed E-state index contributed by atoms with van der Waals surface area (Å²) in [6.07, 6.45) is 3.19. The van der Waals surface area contributed by atoms with Crippen LogP contribution in [0.5, 0.6) is 0 Å². The number of rotatable bonds is 4. The van der Waals surface area contributed by atoms with Crippen LogP contribution in [0.15, 0.2) is 35.1 Å². The van der Waals surface area contributed by atoms with E-state index in [0.29, 0.717) is 11.4 Å². The number of anilines is 2. The third-order valence-corrected chi connectivity index (χ3v) is 3.09. The van der Waals surface area contributed by atoms with Gasteiger partial charge in [0.05, 0.1) is 5.56 Å². The van der Waals surface area contributed by atoms with Gasteiger partial charge in [0.15, 0.2) is 0 Å². The van der Waals surface area contributed by atoms with Crippen LogP contribution in [0.2, 0.25) is 0 Å². The summed E-state index contributed by atoms with van der Waals surface area (Å²) < 4.78 is 0.879. The normalized spacial score (nSPS) is 10.2. The van der Waals surface area contributed by atoms with Crippen molar-refractivity contribution in [3.05, 3.63) is 46.2 Å². The third-order valence-electron chi connectivity index (χ3n) is 2.66. The van der Waals surface area contributed by atoms with E-state index in [1.807, 2.05) is 19.9 Å². The van der Waals surface area contributed by atoms with Crippen molar-refractivity contribution >= 4 is 33.5 Å². The topological polar surface area (TPSA) is 66.9 Å². The van der Waals surface area contributed by atoms with Gasteiger partial charge >= 0.3 is 0 Å². The minimum absolute atomic E-state index is 0.224. The molecule has 0 aliphatic rings.